The third-order valence-corrected chi connectivity index (χ3v) is 5.93. The van der Waals surface area contributed by atoms with Crippen LogP contribution in [-0.2, 0) is 4.79 Å². The summed E-state index contributed by atoms with van der Waals surface area (Å²) in [5.41, 5.74) is 3.20. The van der Waals surface area contributed by atoms with Crippen LogP contribution in [0.25, 0.3) is 6.08 Å². The minimum atomic E-state index is -0.179. The number of halogens is 2. The molecule has 23 heavy (non-hydrogen) atoms. The second kappa shape index (κ2) is 6.67. The predicted octanol–water partition coefficient (Wildman–Crippen LogP) is 5.31. The highest BCUT2D eigenvalue weighted by Crippen LogP contribution is 2.32. The topological polar surface area (TPSA) is 54.6 Å². The van der Waals surface area contributed by atoms with Crippen molar-refractivity contribution in [2.75, 3.05) is 0 Å². The molecule has 1 aromatic carbocycles. The summed E-state index contributed by atoms with van der Waals surface area (Å²) < 4.78 is 6.86. The van der Waals surface area contributed by atoms with Crippen LogP contribution >= 0.6 is 43.6 Å². The molecule has 1 aliphatic rings. The zero-order valence-electron chi connectivity index (χ0n) is 12.3. The lowest BCUT2D eigenvalue weighted by Crippen LogP contribution is -2.19. The van der Waals surface area contributed by atoms with E-state index in [0.29, 0.717) is 20.5 Å². The summed E-state index contributed by atoms with van der Waals surface area (Å²) >= 11 is 7.92. The van der Waals surface area contributed by atoms with Crippen molar-refractivity contribution >= 4 is 66.5 Å². The van der Waals surface area contributed by atoms with Gasteiger partial charge >= 0.3 is 0 Å². The first-order chi connectivity index (χ1) is 10.9. The Morgan fingerprint density at radius 1 is 1.22 bits per heavy atom. The van der Waals surface area contributed by atoms with Crippen LogP contribution in [-0.4, -0.2) is 11.1 Å². The highest BCUT2D eigenvalue weighted by molar-refractivity contribution is 9.13. The number of nitrogens with one attached hydrogen (secondary N) is 1. The van der Waals surface area contributed by atoms with Gasteiger partial charge in [-0.3, -0.25) is 4.79 Å². The number of hydrogen-bond acceptors (Lipinski definition) is 4. The Balaban J connectivity index is 1.84. The summed E-state index contributed by atoms with van der Waals surface area (Å²) in [4.78, 5) is 17.1. The SMILES string of the molecule is Cc1ccc(N=C2NC(=O)/C(=C/c3cc(Br)c(Br)o3)S2)cc1C. The van der Waals surface area contributed by atoms with E-state index in [9.17, 15) is 4.79 Å². The number of benzene rings is 1. The van der Waals surface area contributed by atoms with E-state index in [2.05, 4.69) is 49.1 Å². The second-order valence-electron chi connectivity index (χ2n) is 5.02. The van der Waals surface area contributed by atoms with Crippen LogP contribution in [0.15, 0.2) is 47.7 Å². The van der Waals surface area contributed by atoms with E-state index in [-0.39, 0.29) is 5.91 Å². The van der Waals surface area contributed by atoms with Crippen LogP contribution in [0.3, 0.4) is 0 Å². The van der Waals surface area contributed by atoms with Crippen molar-refractivity contribution in [2.24, 2.45) is 4.99 Å². The lowest BCUT2D eigenvalue weighted by molar-refractivity contribution is -0.115. The van der Waals surface area contributed by atoms with Crippen molar-refractivity contribution in [1.82, 2.24) is 5.32 Å². The molecule has 1 amide bonds. The van der Waals surface area contributed by atoms with Crippen LogP contribution in [0.2, 0.25) is 0 Å². The van der Waals surface area contributed by atoms with Gasteiger partial charge in [-0.25, -0.2) is 4.99 Å². The van der Waals surface area contributed by atoms with Crippen LogP contribution in [0.1, 0.15) is 16.9 Å². The third-order valence-electron chi connectivity index (χ3n) is 3.31. The fourth-order valence-electron chi connectivity index (χ4n) is 1.96. The molecule has 3 rings (SSSR count). The van der Waals surface area contributed by atoms with E-state index in [1.807, 2.05) is 25.1 Å². The highest BCUT2D eigenvalue weighted by atomic mass is 79.9. The maximum Gasteiger partial charge on any atom is 0.264 e. The summed E-state index contributed by atoms with van der Waals surface area (Å²) in [6.45, 7) is 4.09. The number of hydrogen-bond donors (Lipinski definition) is 1. The van der Waals surface area contributed by atoms with Crippen LogP contribution in [0.4, 0.5) is 5.69 Å². The normalized spacial score (nSPS) is 18.0. The van der Waals surface area contributed by atoms with E-state index in [4.69, 9.17) is 4.42 Å². The van der Waals surface area contributed by atoms with Gasteiger partial charge in [0.1, 0.15) is 5.76 Å². The van der Waals surface area contributed by atoms with E-state index in [1.165, 1.54) is 22.9 Å². The number of carbonyl (C=O) groups is 1. The van der Waals surface area contributed by atoms with Crippen LogP contribution < -0.4 is 5.32 Å². The number of carbonyl (C=O) groups excluding carboxylic acids is 1. The maximum absolute atomic E-state index is 12.0. The fourth-order valence-corrected chi connectivity index (χ4v) is 3.39. The average Bonchev–Trinajstić information content (AvgIpc) is 2.98. The van der Waals surface area contributed by atoms with Crippen molar-refractivity contribution in [3.8, 4) is 0 Å². The average molecular weight is 456 g/mol. The molecule has 0 spiro atoms. The first kappa shape index (κ1) is 16.5. The van der Waals surface area contributed by atoms with Gasteiger partial charge in [-0.2, -0.15) is 0 Å². The van der Waals surface area contributed by atoms with Gasteiger partial charge in [0.05, 0.1) is 15.1 Å². The zero-order chi connectivity index (χ0) is 16.6. The number of rotatable bonds is 2. The van der Waals surface area contributed by atoms with Gasteiger partial charge < -0.3 is 9.73 Å². The lowest BCUT2D eigenvalue weighted by atomic mass is 10.1. The molecule has 2 aromatic rings. The number of furan rings is 1. The van der Waals surface area contributed by atoms with Gasteiger partial charge in [-0.1, -0.05) is 6.07 Å². The predicted molar refractivity (Wildman–Crippen MR) is 101 cm³/mol. The Kier molecular flexibility index (Phi) is 4.79. The van der Waals surface area contributed by atoms with Gasteiger partial charge in [0.15, 0.2) is 9.84 Å². The molecule has 2 heterocycles. The molecule has 118 valence electrons. The van der Waals surface area contributed by atoms with Gasteiger partial charge in [0.2, 0.25) is 0 Å². The Morgan fingerprint density at radius 3 is 2.65 bits per heavy atom. The van der Waals surface area contributed by atoms with Crippen LogP contribution in [0.5, 0.6) is 0 Å². The molecule has 0 radical (unpaired) electrons. The molecule has 0 atom stereocenters. The summed E-state index contributed by atoms with van der Waals surface area (Å²) in [6, 6.07) is 7.75. The van der Waals surface area contributed by atoms with Gasteiger partial charge in [0.25, 0.3) is 5.91 Å². The van der Waals surface area contributed by atoms with Crippen molar-refractivity contribution in [2.45, 2.75) is 13.8 Å². The van der Waals surface area contributed by atoms with E-state index in [0.717, 1.165) is 10.2 Å². The number of nitrogens with zero attached hydrogens (tertiary/aromatic N) is 1. The highest BCUT2D eigenvalue weighted by Gasteiger charge is 2.24. The summed E-state index contributed by atoms with van der Waals surface area (Å²) in [5.74, 6) is 0.412. The summed E-state index contributed by atoms with van der Waals surface area (Å²) in [5, 5.41) is 3.33. The van der Waals surface area contributed by atoms with E-state index >= 15 is 0 Å². The molecule has 4 nitrogen and oxygen atoms in total. The standard InChI is InChI=1S/C16H12Br2N2O2S/c1-8-3-4-10(5-9(8)2)19-16-20-15(21)13(23-16)7-11-6-12(17)14(18)22-11/h3-7H,1-2H3,(H,19,20,21)/b13-7-. The second-order valence-corrected chi connectivity index (χ2v) is 7.63. The number of thioether (sulfide) groups is 1. The largest absolute Gasteiger partial charge is 0.449 e. The van der Waals surface area contributed by atoms with Crippen molar-refractivity contribution < 1.29 is 9.21 Å². The maximum atomic E-state index is 12.0. The van der Waals surface area contributed by atoms with E-state index < -0.39 is 0 Å². The molecular formula is C16H12Br2N2O2S. The van der Waals surface area contributed by atoms with Gasteiger partial charge in [-0.15, -0.1) is 0 Å². The number of amides is 1. The van der Waals surface area contributed by atoms with Gasteiger partial charge in [0, 0.05) is 6.08 Å². The Hall–Kier alpha value is -1.31. The molecule has 1 aromatic heterocycles. The van der Waals surface area contributed by atoms with Crippen molar-refractivity contribution in [3.05, 3.63) is 55.2 Å². The fraction of sp³-hybridized carbons (Fsp3) is 0.125. The number of aliphatic imine (C=N–C) groups is 1. The number of amidine groups is 1. The molecular weight excluding hydrogens is 444 g/mol. The first-order valence-corrected chi connectivity index (χ1v) is 9.14. The molecule has 1 aliphatic heterocycles. The smallest absolute Gasteiger partial charge is 0.264 e. The molecule has 0 aliphatic carbocycles. The van der Waals surface area contributed by atoms with Crippen LogP contribution in [0, 0.1) is 13.8 Å². The third kappa shape index (κ3) is 3.79. The molecule has 1 N–H and O–H groups in total. The Bertz CT molecular complexity index is 836. The summed E-state index contributed by atoms with van der Waals surface area (Å²) in [7, 11) is 0. The molecule has 1 saturated heterocycles. The number of aryl methyl sites for hydroxylation is 2. The summed E-state index contributed by atoms with van der Waals surface area (Å²) in [6.07, 6.45) is 1.69. The van der Waals surface area contributed by atoms with E-state index in [1.54, 1.807) is 12.1 Å². The van der Waals surface area contributed by atoms with Crippen molar-refractivity contribution in [1.29, 1.82) is 0 Å². The minimum Gasteiger partial charge on any atom is -0.449 e. The van der Waals surface area contributed by atoms with Gasteiger partial charge in [-0.05, 0) is 86.8 Å². The quantitative estimate of drug-likeness (QED) is 0.624. The minimum absolute atomic E-state index is 0.179. The molecule has 0 saturated carbocycles. The molecule has 1 fully saturated rings. The Morgan fingerprint density at radius 2 is 2.00 bits per heavy atom. The molecule has 0 unspecified atom stereocenters. The molecule has 7 heteroatoms. The Labute approximate surface area is 154 Å². The lowest BCUT2D eigenvalue weighted by Gasteiger charge is -2.01. The van der Waals surface area contributed by atoms with Crippen molar-refractivity contribution in [3.63, 3.8) is 0 Å². The first-order valence-electron chi connectivity index (χ1n) is 6.74. The zero-order valence-corrected chi connectivity index (χ0v) is 16.3. The monoisotopic (exact) mass is 454 g/mol. The molecule has 0 bridgehead atoms.